The van der Waals surface area contributed by atoms with Gasteiger partial charge in [-0.3, -0.25) is 14.5 Å². The van der Waals surface area contributed by atoms with Crippen molar-refractivity contribution in [3.8, 4) is 0 Å². The molecule has 0 aromatic carbocycles. The van der Waals surface area contributed by atoms with Gasteiger partial charge in [0, 0.05) is 6.54 Å². The van der Waals surface area contributed by atoms with Gasteiger partial charge in [0.25, 0.3) is 0 Å². The van der Waals surface area contributed by atoms with Crippen molar-refractivity contribution in [3.05, 3.63) is 24.2 Å². The molecule has 0 atom stereocenters. The van der Waals surface area contributed by atoms with Crippen molar-refractivity contribution in [2.75, 3.05) is 13.1 Å². The van der Waals surface area contributed by atoms with Crippen LogP contribution in [-0.4, -0.2) is 34.8 Å². The van der Waals surface area contributed by atoms with E-state index in [2.05, 4.69) is 0 Å². The van der Waals surface area contributed by atoms with Crippen molar-refractivity contribution in [2.45, 2.75) is 19.9 Å². The molecule has 0 saturated heterocycles. The summed E-state index contributed by atoms with van der Waals surface area (Å²) in [5.41, 5.74) is 0. The molecule has 5 nitrogen and oxygen atoms in total. The van der Waals surface area contributed by atoms with E-state index in [1.807, 2.05) is 0 Å². The third-order valence-corrected chi connectivity index (χ3v) is 2.05. The smallest absolute Gasteiger partial charge is 0.304 e. The Labute approximate surface area is 93.7 Å². The largest absolute Gasteiger partial charge is 0.481 e. The Kier molecular flexibility index (Phi) is 4.72. The van der Waals surface area contributed by atoms with Crippen LogP contribution in [0, 0.1) is 0 Å². The number of carboxylic acid groups (broad SMARTS) is 1. The monoisotopic (exact) mass is 225 g/mol. The second-order valence-corrected chi connectivity index (χ2v) is 3.64. The van der Waals surface area contributed by atoms with Crippen LogP contribution in [0.4, 0.5) is 0 Å². The molecule has 0 spiro atoms. The minimum atomic E-state index is -0.868. The number of ketones is 1. The average Bonchev–Trinajstić information content (AvgIpc) is 2.66. The van der Waals surface area contributed by atoms with Crippen LogP contribution in [0.5, 0.6) is 0 Å². The minimum absolute atomic E-state index is 0.0111. The van der Waals surface area contributed by atoms with Gasteiger partial charge in [0.1, 0.15) is 11.5 Å². The van der Waals surface area contributed by atoms with E-state index < -0.39 is 5.97 Å². The molecular weight excluding hydrogens is 210 g/mol. The van der Waals surface area contributed by atoms with Gasteiger partial charge in [0.05, 0.1) is 25.8 Å². The molecule has 0 aliphatic heterocycles. The van der Waals surface area contributed by atoms with E-state index >= 15 is 0 Å². The minimum Gasteiger partial charge on any atom is -0.481 e. The van der Waals surface area contributed by atoms with E-state index in [1.54, 1.807) is 23.3 Å². The number of carboxylic acids is 1. The van der Waals surface area contributed by atoms with Crippen LogP contribution in [0.3, 0.4) is 0 Å². The number of hydrogen-bond donors (Lipinski definition) is 1. The molecule has 0 saturated carbocycles. The SMILES string of the molecule is CC(=O)CN(CCC(=O)O)Cc1ccco1. The maximum atomic E-state index is 11.0. The van der Waals surface area contributed by atoms with E-state index in [0.717, 1.165) is 5.76 Å². The first kappa shape index (κ1) is 12.4. The third kappa shape index (κ3) is 4.75. The zero-order valence-corrected chi connectivity index (χ0v) is 9.18. The third-order valence-electron chi connectivity index (χ3n) is 2.05. The summed E-state index contributed by atoms with van der Waals surface area (Å²) >= 11 is 0. The molecule has 88 valence electrons. The molecule has 1 heterocycles. The lowest BCUT2D eigenvalue weighted by Crippen LogP contribution is -2.30. The molecule has 0 bridgehead atoms. The summed E-state index contributed by atoms with van der Waals surface area (Å²) in [5, 5.41) is 8.59. The normalized spacial score (nSPS) is 10.6. The Hall–Kier alpha value is -1.62. The molecule has 5 heteroatoms. The Morgan fingerprint density at radius 1 is 1.50 bits per heavy atom. The quantitative estimate of drug-likeness (QED) is 0.753. The molecule has 0 unspecified atom stereocenters. The van der Waals surface area contributed by atoms with E-state index in [1.165, 1.54) is 6.92 Å². The number of nitrogens with zero attached hydrogens (tertiary/aromatic N) is 1. The van der Waals surface area contributed by atoms with E-state index in [-0.39, 0.29) is 18.7 Å². The van der Waals surface area contributed by atoms with Gasteiger partial charge in [0.15, 0.2) is 0 Å². The molecular formula is C11H15NO4. The number of Topliss-reactive ketones (excluding diaryl/α,β-unsaturated/α-hetero) is 1. The Balaban J connectivity index is 2.49. The van der Waals surface area contributed by atoms with Gasteiger partial charge in [-0.25, -0.2) is 0 Å². The average molecular weight is 225 g/mol. The summed E-state index contributed by atoms with van der Waals surface area (Å²) in [6.07, 6.45) is 1.58. The van der Waals surface area contributed by atoms with E-state index in [4.69, 9.17) is 9.52 Å². The van der Waals surface area contributed by atoms with Crippen LogP contribution >= 0.6 is 0 Å². The second kappa shape index (κ2) is 6.07. The predicted octanol–water partition coefficient (Wildman–Crippen LogP) is 1.15. The van der Waals surface area contributed by atoms with Crippen molar-refractivity contribution in [3.63, 3.8) is 0 Å². The molecule has 1 N–H and O–H groups in total. The topological polar surface area (TPSA) is 70.8 Å². The van der Waals surface area contributed by atoms with Crippen LogP contribution in [0.25, 0.3) is 0 Å². The fourth-order valence-electron chi connectivity index (χ4n) is 1.41. The molecule has 0 aliphatic carbocycles. The first-order chi connectivity index (χ1) is 7.58. The lowest BCUT2D eigenvalue weighted by atomic mass is 10.3. The first-order valence-electron chi connectivity index (χ1n) is 5.04. The molecule has 0 aliphatic rings. The van der Waals surface area contributed by atoms with Crippen molar-refractivity contribution in [1.82, 2.24) is 4.90 Å². The summed E-state index contributed by atoms with van der Waals surface area (Å²) in [7, 11) is 0. The van der Waals surface area contributed by atoms with E-state index in [9.17, 15) is 9.59 Å². The van der Waals surface area contributed by atoms with Gasteiger partial charge in [-0.05, 0) is 19.1 Å². The lowest BCUT2D eigenvalue weighted by molar-refractivity contribution is -0.137. The number of carbonyl (C=O) groups excluding carboxylic acids is 1. The molecule has 0 amide bonds. The summed E-state index contributed by atoms with van der Waals surface area (Å²) < 4.78 is 5.15. The molecule has 1 rings (SSSR count). The highest BCUT2D eigenvalue weighted by molar-refractivity contribution is 5.77. The molecule has 0 radical (unpaired) electrons. The molecule has 16 heavy (non-hydrogen) atoms. The second-order valence-electron chi connectivity index (χ2n) is 3.64. The van der Waals surface area contributed by atoms with Crippen molar-refractivity contribution < 1.29 is 19.1 Å². The van der Waals surface area contributed by atoms with Gasteiger partial charge in [-0.15, -0.1) is 0 Å². The molecule has 1 aromatic rings. The lowest BCUT2D eigenvalue weighted by Gasteiger charge is -2.18. The van der Waals surface area contributed by atoms with Crippen LogP contribution in [-0.2, 0) is 16.1 Å². The molecule has 0 fully saturated rings. The highest BCUT2D eigenvalue weighted by Gasteiger charge is 2.11. The maximum Gasteiger partial charge on any atom is 0.304 e. The summed E-state index contributed by atoms with van der Waals surface area (Å²) in [4.78, 5) is 23.2. The first-order valence-corrected chi connectivity index (χ1v) is 5.04. The number of aliphatic carboxylic acids is 1. The number of furan rings is 1. The Morgan fingerprint density at radius 2 is 2.25 bits per heavy atom. The molecule has 1 aromatic heterocycles. The van der Waals surface area contributed by atoms with Gasteiger partial charge in [-0.2, -0.15) is 0 Å². The van der Waals surface area contributed by atoms with Crippen LogP contribution < -0.4 is 0 Å². The maximum absolute atomic E-state index is 11.0. The van der Waals surface area contributed by atoms with Gasteiger partial charge in [0.2, 0.25) is 0 Å². The van der Waals surface area contributed by atoms with Crippen molar-refractivity contribution >= 4 is 11.8 Å². The van der Waals surface area contributed by atoms with Gasteiger partial charge in [-0.1, -0.05) is 0 Å². The highest BCUT2D eigenvalue weighted by Crippen LogP contribution is 2.06. The summed E-state index contributed by atoms with van der Waals surface area (Å²) in [5.74, 6) is -0.128. The standard InChI is InChI=1S/C11H15NO4/c1-9(13)7-12(5-4-11(14)15)8-10-3-2-6-16-10/h2-3,6H,4-5,7-8H2,1H3,(H,14,15). The van der Waals surface area contributed by atoms with Crippen molar-refractivity contribution in [1.29, 1.82) is 0 Å². The predicted molar refractivity (Wildman–Crippen MR) is 56.9 cm³/mol. The van der Waals surface area contributed by atoms with Gasteiger partial charge >= 0.3 is 5.97 Å². The summed E-state index contributed by atoms with van der Waals surface area (Å²) in [6.45, 7) is 2.53. The number of rotatable bonds is 7. The van der Waals surface area contributed by atoms with Crippen LogP contribution in [0.15, 0.2) is 22.8 Å². The highest BCUT2D eigenvalue weighted by atomic mass is 16.4. The Bertz CT molecular complexity index is 345. The fourth-order valence-corrected chi connectivity index (χ4v) is 1.41. The zero-order chi connectivity index (χ0) is 12.0. The number of carbonyl (C=O) groups is 2. The fraction of sp³-hybridized carbons (Fsp3) is 0.455. The Morgan fingerprint density at radius 3 is 2.75 bits per heavy atom. The van der Waals surface area contributed by atoms with E-state index in [0.29, 0.717) is 13.1 Å². The van der Waals surface area contributed by atoms with Gasteiger partial charge < -0.3 is 9.52 Å². The zero-order valence-electron chi connectivity index (χ0n) is 9.18. The summed E-state index contributed by atoms with van der Waals surface area (Å²) in [6, 6.07) is 3.56. The van der Waals surface area contributed by atoms with Crippen LogP contribution in [0.1, 0.15) is 19.1 Å². The van der Waals surface area contributed by atoms with Crippen molar-refractivity contribution in [2.24, 2.45) is 0 Å². The van der Waals surface area contributed by atoms with Crippen LogP contribution in [0.2, 0.25) is 0 Å². The number of hydrogen-bond acceptors (Lipinski definition) is 4.